The van der Waals surface area contributed by atoms with E-state index in [9.17, 15) is 19.7 Å². The summed E-state index contributed by atoms with van der Waals surface area (Å²) < 4.78 is 0.824. The average molecular weight is 416 g/mol. The first-order chi connectivity index (χ1) is 12.5. The number of fused-ring (bicyclic) bond motifs is 1. The molecule has 0 unspecified atom stereocenters. The van der Waals surface area contributed by atoms with Crippen LogP contribution in [0.4, 0.5) is 11.4 Å². The lowest BCUT2D eigenvalue weighted by molar-refractivity contribution is -0.384. The quantitative estimate of drug-likeness (QED) is 0.435. The molecule has 2 amide bonds. The van der Waals surface area contributed by atoms with Gasteiger partial charge in [-0.25, -0.2) is 4.90 Å². The topological polar surface area (TPSA) is 102 Å². The molecule has 0 aromatic heterocycles. The van der Waals surface area contributed by atoms with Gasteiger partial charge in [0.2, 0.25) is 12.0 Å². The van der Waals surface area contributed by atoms with E-state index in [1.54, 1.807) is 24.3 Å². The number of benzene rings is 2. The van der Waals surface area contributed by atoms with Crippen molar-refractivity contribution in [2.45, 2.75) is 6.10 Å². The minimum Gasteiger partial charge on any atom is -0.381 e. The Balaban J connectivity index is 1.66. The summed E-state index contributed by atoms with van der Waals surface area (Å²) in [6.45, 7) is 0. The van der Waals surface area contributed by atoms with Crippen LogP contribution in [0.1, 0.15) is 5.56 Å². The van der Waals surface area contributed by atoms with Crippen molar-refractivity contribution in [3.8, 4) is 0 Å². The highest BCUT2D eigenvalue weighted by molar-refractivity contribution is 9.10. The Morgan fingerprint density at radius 3 is 2.31 bits per heavy atom. The fraction of sp³-hybridized carbons (Fsp3) is 0.118. The number of imide groups is 1. The molecule has 26 heavy (non-hydrogen) atoms. The van der Waals surface area contributed by atoms with Gasteiger partial charge in [0.15, 0.2) is 0 Å². The summed E-state index contributed by atoms with van der Waals surface area (Å²) in [6, 6.07) is 12.4. The number of nitro benzene ring substituents is 1. The monoisotopic (exact) mass is 415 g/mol. The Labute approximate surface area is 155 Å². The number of halogens is 1. The zero-order valence-corrected chi connectivity index (χ0v) is 14.6. The van der Waals surface area contributed by atoms with E-state index in [0.717, 1.165) is 9.37 Å². The van der Waals surface area contributed by atoms with Crippen molar-refractivity contribution in [3.05, 3.63) is 68.7 Å². The number of amides is 2. The van der Waals surface area contributed by atoms with Gasteiger partial charge in [0.1, 0.15) is 11.6 Å². The van der Waals surface area contributed by atoms with Gasteiger partial charge in [0.05, 0.1) is 10.6 Å². The molecule has 1 fully saturated rings. The molecule has 0 bridgehead atoms. The Morgan fingerprint density at radius 2 is 1.69 bits per heavy atom. The van der Waals surface area contributed by atoms with Gasteiger partial charge in [-0.1, -0.05) is 21.1 Å². The molecule has 0 radical (unpaired) electrons. The molecule has 2 aromatic rings. The van der Waals surface area contributed by atoms with Gasteiger partial charge in [-0.15, -0.1) is 0 Å². The van der Waals surface area contributed by atoms with Crippen molar-refractivity contribution in [3.63, 3.8) is 0 Å². The number of hydrogen-bond donors (Lipinski definition) is 0. The highest BCUT2D eigenvalue weighted by Gasteiger charge is 2.56. The van der Waals surface area contributed by atoms with Crippen LogP contribution in [0.2, 0.25) is 0 Å². The van der Waals surface area contributed by atoms with Gasteiger partial charge in [0.25, 0.3) is 11.6 Å². The van der Waals surface area contributed by atoms with Gasteiger partial charge in [0, 0.05) is 22.2 Å². The van der Waals surface area contributed by atoms with Crippen molar-refractivity contribution >= 4 is 44.8 Å². The molecule has 0 N–H and O–H groups in total. The number of oxime groups is 1. The van der Waals surface area contributed by atoms with Gasteiger partial charge in [-0.05, 0) is 36.4 Å². The molecule has 2 atom stereocenters. The Morgan fingerprint density at radius 1 is 1.04 bits per heavy atom. The predicted octanol–water partition coefficient (Wildman–Crippen LogP) is 2.65. The number of nitro groups is 1. The number of rotatable bonds is 3. The first-order valence-corrected chi connectivity index (χ1v) is 8.38. The molecule has 2 aliphatic rings. The van der Waals surface area contributed by atoms with Crippen LogP contribution in [0.3, 0.4) is 0 Å². The van der Waals surface area contributed by atoms with E-state index < -0.39 is 28.8 Å². The lowest BCUT2D eigenvalue weighted by Crippen LogP contribution is -2.33. The first-order valence-electron chi connectivity index (χ1n) is 7.59. The highest BCUT2D eigenvalue weighted by Crippen LogP contribution is 2.35. The standard InChI is InChI=1S/C17H10BrN3O5/c18-10-3-7-11(8-4-10)20-16(22)13-14(19-26-15(13)17(20)23)9-1-5-12(6-2-9)21(24)25/h1-8,13,15H/t13-,15-/m1/s1. The maximum absolute atomic E-state index is 12.9. The lowest BCUT2D eigenvalue weighted by Gasteiger charge is -2.15. The molecule has 4 rings (SSSR count). The van der Waals surface area contributed by atoms with Crippen molar-refractivity contribution in [2.24, 2.45) is 11.1 Å². The van der Waals surface area contributed by atoms with E-state index in [-0.39, 0.29) is 5.69 Å². The number of non-ortho nitro benzene ring substituents is 1. The van der Waals surface area contributed by atoms with Gasteiger partial charge >= 0.3 is 0 Å². The predicted molar refractivity (Wildman–Crippen MR) is 94.6 cm³/mol. The molecule has 2 aromatic carbocycles. The average Bonchev–Trinajstić information content (AvgIpc) is 3.17. The van der Waals surface area contributed by atoms with Gasteiger partial charge in [-0.3, -0.25) is 19.7 Å². The van der Waals surface area contributed by atoms with E-state index in [2.05, 4.69) is 21.1 Å². The molecule has 0 spiro atoms. The number of hydrogen-bond acceptors (Lipinski definition) is 6. The zero-order chi connectivity index (χ0) is 18.4. The fourth-order valence-electron chi connectivity index (χ4n) is 3.01. The molecule has 9 heteroatoms. The van der Waals surface area contributed by atoms with Crippen LogP contribution in [0.5, 0.6) is 0 Å². The molecule has 0 saturated carbocycles. The third-order valence-electron chi connectivity index (χ3n) is 4.27. The zero-order valence-electron chi connectivity index (χ0n) is 13.0. The summed E-state index contributed by atoms with van der Waals surface area (Å²) in [5.74, 6) is -1.78. The summed E-state index contributed by atoms with van der Waals surface area (Å²) in [5, 5.41) is 14.7. The molecule has 2 heterocycles. The number of nitrogens with zero attached hydrogens (tertiary/aromatic N) is 3. The number of anilines is 1. The van der Waals surface area contributed by atoms with Crippen LogP contribution >= 0.6 is 15.9 Å². The fourth-order valence-corrected chi connectivity index (χ4v) is 3.28. The van der Waals surface area contributed by atoms with E-state index in [1.165, 1.54) is 24.3 Å². The molecular weight excluding hydrogens is 406 g/mol. The Bertz CT molecular complexity index is 955. The smallest absolute Gasteiger partial charge is 0.278 e. The van der Waals surface area contributed by atoms with Crippen LogP contribution in [0.15, 0.2) is 58.2 Å². The van der Waals surface area contributed by atoms with Crippen LogP contribution in [-0.4, -0.2) is 28.6 Å². The van der Waals surface area contributed by atoms with Gasteiger partial charge in [-0.2, -0.15) is 0 Å². The van der Waals surface area contributed by atoms with Crippen LogP contribution in [0.25, 0.3) is 0 Å². The highest BCUT2D eigenvalue weighted by atomic mass is 79.9. The molecule has 8 nitrogen and oxygen atoms in total. The summed E-state index contributed by atoms with van der Waals surface area (Å²) >= 11 is 3.31. The van der Waals surface area contributed by atoms with E-state index in [4.69, 9.17) is 4.84 Å². The summed E-state index contributed by atoms with van der Waals surface area (Å²) in [7, 11) is 0. The molecule has 0 aliphatic carbocycles. The third-order valence-corrected chi connectivity index (χ3v) is 4.80. The molecule has 130 valence electrons. The summed E-state index contributed by atoms with van der Waals surface area (Å²) in [5.41, 5.74) is 1.17. The second-order valence-corrected chi connectivity index (χ2v) is 6.69. The minimum atomic E-state index is -1.02. The lowest BCUT2D eigenvalue weighted by atomic mass is 9.94. The molecule has 2 aliphatic heterocycles. The summed E-state index contributed by atoms with van der Waals surface area (Å²) in [6.07, 6.45) is -1.02. The van der Waals surface area contributed by atoms with Crippen molar-refractivity contribution in [1.29, 1.82) is 0 Å². The number of carbonyl (C=O) groups is 2. The maximum Gasteiger partial charge on any atom is 0.278 e. The SMILES string of the molecule is O=C1[C@@H]2C(c3ccc([N+](=O)[O-])cc3)=NO[C@H]2C(=O)N1c1ccc(Br)cc1. The van der Waals surface area contributed by atoms with Gasteiger partial charge < -0.3 is 4.84 Å². The first kappa shape index (κ1) is 16.4. The van der Waals surface area contributed by atoms with Crippen molar-refractivity contribution < 1.29 is 19.3 Å². The van der Waals surface area contributed by atoms with E-state index in [0.29, 0.717) is 17.0 Å². The van der Waals surface area contributed by atoms with Crippen molar-refractivity contribution in [2.75, 3.05) is 4.90 Å². The Kier molecular flexibility index (Phi) is 3.80. The maximum atomic E-state index is 12.9. The molecule has 1 saturated heterocycles. The summed E-state index contributed by atoms with van der Waals surface area (Å²) in [4.78, 5) is 42.0. The third kappa shape index (κ3) is 2.48. The normalized spacial score (nSPS) is 21.4. The largest absolute Gasteiger partial charge is 0.381 e. The number of carbonyl (C=O) groups excluding carboxylic acids is 2. The van der Waals surface area contributed by atoms with E-state index >= 15 is 0 Å². The second kappa shape index (κ2) is 6.03. The second-order valence-electron chi connectivity index (χ2n) is 5.77. The Hall–Kier alpha value is -3.07. The minimum absolute atomic E-state index is 0.0740. The van der Waals surface area contributed by atoms with Crippen LogP contribution < -0.4 is 4.90 Å². The molecular formula is C17H10BrN3O5. The van der Waals surface area contributed by atoms with E-state index in [1.807, 2.05) is 0 Å². The van der Waals surface area contributed by atoms with Crippen LogP contribution in [-0.2, 0) is 14.4 Å². The van der Waals surface area contributed by atoms with Crippen molar-refractivity contribution in [1.82, 2.24) is 0 Å². The van der Waals surface area contributed by atoms with Crippen LogP contribution in [0, 0.1) is 16.0 Å².